The van der Waals surface area contributed by atoms with Crippen molar-refractivity contribution in [3.8, 4) is 0 Å². The number of anilines is 1. The highest BCUT2D eigenvalue weighted by Crippen LogP contribution is 2.52. The molecule has 0 atom stereocenters. The van der Waals surface area contributed by atoms with Crippen LogP contribution in [0.4, 0.5) is 25.0 Å². The van der Waals surface area contributed by atoms with E-state index in [0.717, 1.165) is 63.0 Å². The van der Waals surface area contributed by atoms with Crippen LogP contribution in [0.2, 0.25) is 0 Å². The van der Waals surface area contributed by atoms with Crippen molar-refractivity contribution in [2.75, 3.05) is 44.2 Å². The molecule has 2 heterocycles. The number of carbonyl (C=O) groups excluding carboxylic acids is 1. The number of rotatable bonds is 8. The van der Waals surface area contributed by atoms with Crippen LogP contribution in [-0.4, -0.2) is 55.2 Å². The number of ether oxygens (including phenoxy) is 1. The standard InChI is InChI=1S/C29H36F2N4O4/c30-25-14-24(35(37)38)15-26(31)27(25)34-10-6-21(7-11-34)19-33-12-8-29(9-13-33)16-23(17-29)18-32-28(36)39-20-22-4-2-1-3-5-22/h1-5,14-15,21,23H,6-13,16-20H2,(H,32,36). The van der Waals surface area contributed by atoms with E-state index in [0.29, 0.717) is 36.9 Å². The Labute approximate surface area is 227 Å². The van der Waals surface area contributed by atoms with E-state index in [1.165, 1.54) is 12.8 Å². The minimum Gasteiger partial charge on any atom is -0.445 e. The largest absolute Gasteiger partial charge is 0.445 e. The average molecular weight is 543 g/mol. The molecule has 3 aliphatic rings. The Hall–Kier alpha value is -3.27. The summed E-state index contributed by atoms with van der Waals surface area (Å²) in [6, 6.07) is 11.2. The topological polar surface area (TPSA) is 88.0 Å². The molecule has 1 spiro atoms. The molecule has 5 rings (SSSR count). The number of hydrogen-bond acceptors (Lipinski definition) is 6. The van der Waals surface area contributed by atoms with Crippen LogP contribution in [0.25, 0.3) is 0 Å². The van der Waals surface area contributed by atoms with Crippen molar-refractivity contribution in [1.29, 1.82) is 0 Å². The van der Waals surface area contributed by atoms with E-state index in [9.17, 15) is 23.7 Å². The van der Waals surface area contributed by atoms with Crippen molar-refractivity contribution >= 4 is 17.5 Å². The van der Waals surface area contributed by atoms with Gasteiger partial charge in [-0.2, -0.15) is 0 Å². The van der Waals surface area contributed by atoms with Crippen LogP contribution in [0.5, 0.6) is 0 Å². The van der Waals surface area contributed by atoms with Crippen LogP contribution in [-0.2, 0) is 11.3 Å². The first kappa shape index (κ1) is 27.3. The maximum atomic E-state index is 14.4. The van der Waals surface area contributed by atoms with Crippen molar-refractivity contribution in [2.24, 2.45) is 17.3 Å². The molecule has 1 N–H and O–H groups in total. The van der Waals surface area contributed by atoms with Gasteiger partial charge in [0, 0.05) is 26.2 Å². The van der Waals surface area contributed by atoms with E-state index in [2.05, 4.69) is 10.2 Å². The molecule has 3 fully saturated rings. The summed E-state index contributed by atoms with van der Waals surface area (Å²) in [7, 11) is 0. The van der Waals surface area contributed by atoms with Gasteiger partial charge in [0.2, 0.25) is 0 Å². The number of carbonyl (C=O) groups is 1. The molecule has 1 aliphatic carbocycles. The lowest BCUT2D eigenvalue weighted by molar-refractivity contribution is -0.385. The number of non-ortho nitro benzene ring substituents is 1. The van der Waals surface area contributed by atoms with E-state index in [1.54, 1.807) is 4.90 Å². The normalized spacial score (nSPS) is 20.0. The van der Waals surface area contributed by atoms with Gasteiger partial charge in [-0.25, -0.2) is 13.6 Å². The zero-order valence-electron chi connectivity index (χ0n) is 22.1. The minimum absolute atomic E-state index is 0.155. The molecule has 2 aromatic carbocycles. The third-order valence-electron chi connectivity index (χ3n) is 8.77. The Balaban J connectivity index is 0.985. The van der Waals surface area contributed by atoms with Crippen molar-refractivity contribution < 1.29 is 23.2 Å². The number of alkyl carbamates (subject to hydrolysis) is 1. The van der Waals surface area contributed by atoms with Gasteiger partial charge in [-0.1, -0.05) is 30.3 Å². The summed E-state index contributed by atoms with van der Waals surface area (Å²) in [6.07, 6.45) is 5.94. The lowest BCUT2D eigenvalue weighted by Crippen LogP contribution is -2.50. The van der Waals surface area contributed by atoms with E-state index in [-0.39, 0.29) is 18.4 Å². The highest BCUT2D eigenvalue weighted by atomic mass is 19.1. The fourth-order valence-corrected chi connectivity index (χ4v) is 6.59. The zero-order valence-corrected chi connectivity index (χ0v) is 22.1. The third kappa shape index (κ3) is 6.66. The molecule has 1 amide bonds. The van der Waals surface area contributed by atoms with E-state index >= 15 is 0 Å². The van der Waals surface area contributed by atoms with Crippen molar-refractivity contribution in [3.63, 3.8) is 0 Å². The second-order valence-electron chi connectivity index (χ2n) is 11.5. The Morgan fingerprint density at radius 1 is 1.03 bits per heavy atom. The highest BCUT2D eigenvalue weighted by molar-refractivity contribution is 5.67. The summed E-state index contributed by atoms with van der Waals surface area (Å²) in [4.78, 5) is 26.3. The van der Waals surface area contributed by atoms with Gasteiger partial charge in [0.05, 0.1) is 17.1 Å². The summed E-state index contributed by atoms with van der Waals surface area (Å²) in [6.45, 7) is 5.13. The molecule has 2 saturated heterocycles. The molecule has 1 saturated carbocycles. The van der Waals surface area contributed by atoms with Crippen molar-refractivity contribution in [3.05, 3.63) is 69.8 Å². The molecule has 39 heavy (non-hydrogen) atoms. The minimum atomic E-state index is -0.875. The summed E-state index contributed by atoms with van der Waals surface area (Å²) >= 11 is 0. The highest BCUT2D eigenvalue weighted by Gasteiger charge is 2.45. The molecular weight excluding hydrogens is 506 g/mol. The van der Waals surface area contributed by atoms with Crippen LogP contribution >= 0.6 is 0 Å². The molecule has 10 heteroatoms. The second-order valence-corrected chi connectivity index (χ2v) is 11.5. The summed E-state index contributed by atoms with van der Waals surface area (Å²) in [5, 5.41) is 13.8. The fraction of sp³-hybridized carbons (Fsp3) is 0.552. The number of nitro benzene ring substituents is 1. The second kappa shape index (κ2) is 11.9. The molecule has 210 valence electrons. The van der Waals surface area contributed by atoms with Crippen LogP contribution in [0.1, 0.15) is 44.1 Å². The third-order valence-corrected chi connectivity index (χ3v) is 8.77. The van der Waals surface area contributed by atoms with Gasteiger partial charge >= 0.3 is 6.09 Å². The number of nitro groups is 1. The van der Waals surface area contributed by atoms with Crippen LogP contribution < -0.4 is 10.2 Å². The molecular formula is C29H36F2N4O4. The average Bonchev–Trinajstić information content (AvgIpc) is 2.91. The molecule has 8 nitrogen and oxygen atoms in total. The van der Waals surface area contributed by atoms with E-state index < -0.39 is 22.2 Å². The maximum absolute atomic E-state index is 14.4. The van der Waals surface area contributed by atoms with Crippen molar-refractivity contribution in [1.82, 2.24) is 10.2 Å². The number of benzene rings is 2. The molecule has 0 aromatic heterocycles. The van der Waals surface area contributed by atoms with Gasteiger partial charge in [0.25, 0.3) is 5.69 Å². The predicted molar refractivity (Wildman–Crippen MR) is 143 cm³/mol. The van der Waals surface area contributed by atoms with Gasteiger partial charge in [-0.3, -0.25) is 10.1 Å². The Morgan fingerprint density at radius 2 is 1.67 bits per heavy atom. The zero-order chi connectivity index (χ0) is 27.4. The Bertz CT molecular complexity index is 1130. The quantitative estimate of drug-likeness (QED) is 0.350. The summed E-state index contributed by atoms with van der Waals surface area (Å²) in [5.74, 6) is -0.774. The molecule has 0 radical (unpaired) electrons. The van der Waals surface area contributed by atoms with E-state index in [1.807, 2.05) is 30.3 Å². The predicted octanol–water partition coefficient (Wildman–Crippen LogP) is 5.51. The lowest BCUT2D eigenvalue weighted by atomic mass is 9.57. The smallest absolute Gasteiger partial charge is 0.407 e. The first-order valence-corrected chi connectivity index (χ1v) is 13.9. The van der Waals surface area contributed by atoms with Gasteiger partial charge in [-0.05, 0) is 74.4 Å². The molecule has 2 aliphatic heterocycles. The first-order valence-electron chi connectivity index (χ1n) is 13.9. The Morgan fingerprint density at radius 3 is 2.28 bits per heavy atom. The first-order chi connectivity index (χ1) is 18.8. The summed E-state index contributed by atoms with van der Waals surface area (Å²) in [5.41, 5.74) is 0.643. The molecule has 2 aromatic rings. The molecule has 0 bridgehead atoms. The monoisotopic (exact) mass is 542 g/mol. The van der Waals surface area contributed by atoms with E-state index in [4.69, 9.17) is 4.74 Å². The Kier molecular flexibility index (Phi) is 8.30. The molecule has 0 unspecified atom stereocenters. The number of amides is 1. The number of nitrogens with one attached hydrogen (secondary N) is 1. The fourth-order valence-electron chi connectivity index (χ4n) is 6.59. The van der Waals surface area contributed by atoms with Gasteiger partial charge in [-0.15, -0.1) is 0 Å². The number of nitrogens with zero attached hydrogens (tertiary/aromatic N) is 3. The number of hydrogen-bond donors (Lipinski definition) is 1. The maximum Gasteiger partial charge on any atom is 0.407 e. The summed E-state index contributed by atoms with van der Waals surface area (Å²) < 4.78 is 34.2. The van der Waals surface area contributed by atoms with Crippen LogP contribution in [0.15, 0.2) is 42.5 Å². The van der Waals surface area contributed by atoms with Crippen LogP contribution in [0, 0.1) is 39.0 Å². The number of piperidine rings is 2. The number of halogens is 2. The van der Waals surface area contributed by atoms with Crippen LogP contribution in [0.3, 0.4) is 0 Å². The van der Waals surface area contributed by atoms with Crippen molar-refractivity contribution in [2.45, 2.75) is 45.1 Å². The lowest BCUT2D eigenvalue weighted by Gasteiger charge is -2.53. The van der Waals surface area contributed by atoms with Gasteiger partial charge in [0.15, 0.2) is 11.6 Å². The van der Waals surface area contributed by atoms with Gasteiger partial charge < -0.3 is 19.9 Å². The SMILES string of the molecule is O=C(NCC1CC2(CCN(CC3CCN(c4c(F)cc([N+](=O)[O-])cc4F)CC3)CC2)C1)OCc1ccccc1. The number of likely N-dealkylation sites (tertiary alicyclic amines) is 1. The van der Waals surface area contributed by atoms with Gasteiger partial charge in [0.1, 0.15) is 12.3 Å².